The van der Waals surface area contributed by atoms with Crippen LogP contribution in [0.2, 0.25) is 0 Å². The number of halogens is 1. The van der Waals surface area contributed by atoms with E-state index in [-0.39, 0.29) is 12.4 Å². The molecule has 1 aliphatic rings. The second kappa shape index (κ2) is 5.40. The van der Waals surface area contributed by atoms with Crippen LogP contribution in [0.1, 0.15) is 19.3 Å². The molecular weight excluding hydrogens is 212 g/mol. The van der Waals surface area contributed by atoms with Crippen LogP contribution in [0.5, 0.6) is 0 Å². The molecule has 0 bridgehead atoms. The van der Waals surface area contributed by atoms with Crippen LogP contribution >= 0.6 is 12.4 Å². The fourth-order valence-corrected chi connectivity index (χ4v) is 1.58. The summed E-state index contributed by atoms with van der Waals surface area (Å²) in [5.74, 6) is 0. The third kappa shape index (κ3) is 3.13. The minimum atomic E-state index is -1.38. The summed E-state index contributed by atoms with van der Waals surface area (Å²) in [4.78, 5) is 0. The Morgan fingerprint density at radius 3 is 2.53 bits per heavy atom. The smallest absolute Gasteiger partial charge is 0.423 e. The molecule has 5 heteroatoms. The number of anilines is 1. The third-order valence-electron chi connectivity index (χ3n) is 2.66. The molecule has 15 heavy (non-hydrogen) atoms. The highest BCUT2D eigenvalue weighted by molar-refractivity contribution is 6.58. The lowest BCUT2D eigenvalue weighted by atomic mass is 9.80. The van der Waals surface area contributed by atoms with Crippen molar-refractivity contribution in [2.24, 2.45) is 0 Å². The number of hydrogen-bond donors (Lipinski definition) is 3. The Morgan fingerprint density at radius 2 is 2.00 bits per heavy atom. The first-order chi connectivity index (χ1) is 6.75. The van der Waals surface area contributed by atoms with E-state index in [4.69, 9.17) is 10.0 Å². The second-order valence-corrected chi connectivity index (χ2v) is 3.77. The molecule has 0 aromatic heterocycles. The fraction of sp³-hybridized carbons (Fsp3) is 0.400. The highest BCUT2D eigenvalue weighted by Crippen LogP contribution is 2.22. The van der Waals surface area contributed by atoms with Gasteiger partial charge in [0.15, 0.2) is 0 Å². The summed E-state index contributed by atoms with van der Waals surface area (Å²) >= 11 is 0. The summed E-state index contributed by atoms with van der Waals surface area (Å²) in [6, 6.07) is 7.83. The third-order valence-corrected chi connectivity index (χ3v) is 2.66. The topological polar surface area (TPSA) is 52.5 Å². The molecule has 0 saturated heterocycles. The van der Waals surface area contributed by atoms with Crippen molar-refractivity contribution in [2.45, 2.75) is 25.3 Å². The fourth-order valence-electron chi connectivity index (χ4n) is 1.58. The maximum Gasteiger partial charge on any atom is 0.488 e. The Morgan fingerprint density at radius 1 is 1.27 bits per heavy atom. The predicted molar refractivity (Wildman–Crippen MR) is 64.8 cm³/mol. The first kappa shape index (κ1) is 12.4. The molecule has 82 valence electrons. The van der Waals surface area contributed by atoms with Crippen molar-refractivity contribution in [1.82, 2.24) is 0 Å². The molecular formula is C10H15BClNO2. The predicted octanol–water partition coefficient (Wildman–Crippen LogP) is 0.753. The summed E-state index contributed by atoms with van der Waals surface area (Å²) in [5, 5.41) is 21.3. The molecule has 0 spiro atoms. The zero-order valence-corrected chi connectivity index (χ0v) is 9.20. The Balaban J connectivity index is 0.00000112. The van der Waals surface area contributed by atoms with Crippen LogP contribution < -0.4 is 10.8 Å². The molecule has 3 N–H and O–H groups in total. The number of hydrogen-bond acceptors (Lipinski definition) is 3. The second-order valence-electron chi connectivity index (χ2n) is 3.77. The average Bonchev–Trinajstić information content (AvgIpc) is 2.12. The lowest BCUT2D eigenvalue weighted by molar-refractivity contribution is 0.425. The van der Waals surface area contributed by atoms with Crippen molar-refractivity contribution < 1.29 is 10.0 Å². The van der Waals surface area contributed by atoms with E-state index >= 15 is 0 Å². The highest BCUT2D eigenvalue weighted by Gasteiger charge is 2.17. The largest absolute Gasteiger partial charge is 0.488 e. The van der Waals surface area contributed by atoms with Gasteiger partial charge in [0.1, 0.15) is 0 Å². The lowest BCUT2D eigenvalue weighted by Gasteiger charge is -2.27. The minimum absolute atomic E-state index is 0. The van der Waals surface area contributed by atoms with E-state index < -0.39 is 7.12 Å². The van der Waals surface area contributed by atoms with E-state index in [0.29, 0.717) is 11.5 Å². The Labute approximate surface area is 96.1 Å². The normalized spacial score (nSPS) is 15.1. The average molecular weight is 227 g/mol. The quantitative estimate of drug-likeness (QED) is 0.668. The van der Waals surface area contributed by atoms with Gasteiger partial charge in [0.05, 0.1) is 0 Å². The van der Waals surface area contributed by atoms with Crippen molar-refractivity contribution in [3.05, 3.63) is 24.3 Å². The molecule has 1 aliphatic carbocycles. The van der Waals surface area contributed by atoms with E-state index in [1.807, 2.05) is 12.1 Å². The molecule has 2 rings (SSSR count). The molecule has 3 nitrogen and oxygen atoms in total. The van der Waals surface area contributed by atoms with Gasteiger partial charge in [-0.3, -0.25) is 0 Å². The molecule has 0 atom stereocenters. The van der Waals surface area contributed by atoms with Crippen molar-refractivity contribution in [2.75, 3.05) is 5.32 Å². The van der Waals surface area contributed by atoms with E-state index in [1.165, 1.54) is 19.3 Å². The molecule has 0 radical (unpaired) electrons. The van der Waals surface area contributed by atoms with Crippen molar-refractivity contribution in [3.8, 4) is 0 Å². The van der Waals surface area contributed by atoms with Gasteiger partial charge in [-0.25, -0.2) is 0 Å². The van der Waals surface area contributed by atoms with Gasteiger partial charge in [0, 0.05) is 11.7 Å². The minimum Gasteiger partial charge on any atom is -0.423 e. The molecule has 0 amide bonds. The summed E-state index contributed by atoms with van der Waals surface area (Å²) in [6.45, 7) is 0. The van der Waals surface area contributed by atoms with Crippen LogP contribution in [-0.4, -0.2) is 23.2 Å². The summed E-state index contributed by atoms with van der Waals surface area (Å²) < 4.78 is 0. The van der Waals surface area contributed by atoms with Crippen LogP contribution in [-0.2, 0) is 0 Å². The van der Waals surface area contributed by atoms with Gasteiger partial charge in [-0.2, -0.15) is 0 Å². The maximum atomic E-state index is 8.98. The van der Waals surface area contributed by atoms with Crippen LogP contribution in [0, 0.1) is 0 Å². The molecule has 0 heterocycles. The van der Waals surface area contributed by atoms with Gasteiger partial charge in [-0.15, -0.1) is 12.4 Å². The summed E-state index contributed by atoms with van der Waals surface area (Å²) in [7, 11) is -1.38. The standard InChI is InChI=1S/C10H14BNO2.ClH/c13-11(14)8-3-1-6-10(7-8)12-9-4-2-5-9;/h1,3,6-7,9,12-14H,2,4-5H2;1H. The molecule has 1 aromatic carbocycles. The summed E-state index contributed by atoms with van der Waals surface area (Å²) in [6.07, 6.45) is 3.72. The summed E-state index contributed by atoms with van der Waals surface area (Å²) in [5.41, 5.74) is 1.51. The van der Waals surface area contributed by atoms with Crippen LogP contribution in [0.3, 0.4) is 0 Å². The zero-order chi connectivity index (χ0) is 9.97. The van der Waals surface area contributed by atoms with Gasteiger partial charge in [-0.05, 0) is 36.9 Å². The van der Waals surface area contributed by atoms with Crippen LogP contribution in [0.15, 0.2) is 24.3 Å². The molecule has 1 fully saturated rings. The van der Waals surface area contributed by atoms with E-state index in [0.717, 1.165) is 5.69 Å². The van der Waals surface area contributed by atoms with Crippen LogP contribution in [0.25, 0.3) is 0 Å². The Bertz CT molecular complexity index is 318. The zero-order valence-electron chi connectivity index (χ0n) is 8.39. The number of rotatable bonds is 3. The van der Waals surface area contributed by atoms with E-state index in [2.05, 4.69) is 5.32 Å². The van der Waals surface area contributed by atoms with Gasteiger partial charge in [-0.1, -0.05) is 12.1 Å². The van der Waals surface area contributed by atoms with Gasteiger partial charge in [0.25, 0.3) is 0 Å². The highest BCUT2D eigenvalue weighted by atomic mass is 35.5. The Kier molecular flexibility index (Phi) is 4.45. The number of nitrogens with one attached hydrogen (secondary N) is 1. The molecule has 0 aliphatic heterocycles. The van der Waals surface area contributed by atoms with E-state index in [9.17, 15) is 0 Å². The van der Waals surface area contributed by atoms with Gasteiger partial charge in [0.2, 0.25) is 0 Å². The van der Waals surface area contributed by atoms with Gasteiger partial charge >= 0.3 is 7.12 Å². The first-order valence-corrected chi connectivity index (χ1v) is 4.98. The first-order valence-electron chi connectivity index (χ1n) is 4.98. The van der Waals surface area contributed by atoms with Gasteiger partial charge < -0.3 is 15.4 Å². The monoisotopic (exact) mass is 227 g/mol. The van der Waals surface area contributed by atoms with Crippen molar-refractivity contribution >= 4 is 30.7 Å². The van der Waals surface area contributed by atoms with E-state index in [1.54, 1.807) is 12.1 Å². The lowest BCUT2D eigenvalue weighted by Crippen LogP contribution is -2.31. The molecule has 1 aromatic rings. The Hall–Kier alpha value is -0.705. The van der Waals surface area contributed by atoms with Crippen molar-refractivity contribution in [3.63, 3.8) is 0 Å². The van der Waals surface area contributed by atoms with Crippen molar-refractivity contribution in [1.29, 1.82) is 0 Å². The molecule has 0 unspecified atom stereocenters. The van der Waals surface area contributed by atoms with Crippen LogP contribution in [0.4, 0.5) is 5.69 Å². The molecule has 1 saturated carbocycles. The SMILES string of the molecule is Cl.OB(O)c1cccc(NC2CCC2)c1. The maximum absolute atomic E-state index is 8.98. The number of benzene rings is 1.